The van der Waals surface area contributed by atoms with Gasteiger partial charge < -0.3 is 28.9 Å². The van der Waals surface area contributed by atoms with Crippen molar-refractivity contribution in [1.29, 1.82) is 0 Å². The minimum absolute atomic E-state index is 0.119. The number of carboxylic acid groups (broad SMARTS) is 1. The van der Waals surface area contributed by atoms with Crippen molar-refractivity contribution in [2.45, 2.75) is 17.0 Å². The number of fused-ring (bicyclic) bond motifs is 4. The van der Waals surface area contributed by atoms with Gasteiger partial charge in [-0.25, -0.2) is 9.18 Å². The van der Waals surface area contributed by atoms with Crippen molar-refractivity contribution in [2.24, 2.45) is 0 Å². The van der Waals surface area contributed by atoms with E-state index in [0.29, 0.717) is 54.1 Å². The normalized spacial score (nSPS) is 18.7. The van der Waals surface area contributed by atoms with Gasteiger partial charge in [-0.15, -0.1) is 0 Å². The quantitative estimate of drug-likeness (QED) is 0.589. The van der Waals surface area contributed by atoms with Gasteiger partial charge in [0, 0.05) is 37.6 Å². The number of amides is 1. The molecule has 1 atom stereocenters. The molecule has 3 aromatic rings. The Kier molecular flexibility index (Phi) is 5.10. The molecule has 0 spiro atoms. The van der Waals surface area contributed by atoms with Gasteiger partial charge in [-0.1, -0.05) is 23.9 Å². The third-order valence-electron chi connectivity index (χ3n) is 6.55. The summed E-state index contributed by atoms with van der Waals surface area (Å²) in [4.78, 5) is 41.0. The van der Waals surface area contributed by atoms with Crippen molar-refractivity contribution in [3.05, 3.63) is 58.0 Å². The Morgan fingerprint density at radius 1 is 1.09 bits per heavy atom. The summed E-state index contributed by atoms with van der Waals surface area (Å²) in [6.45, 7) is 1.52. The highest BCUT2D eigenvalue weighted by Gasteiger charge is 2.34. The number of halogens is 1. The van der Waals surface area contributed by atoms with Gasteiger partial charge in [-0.05, 0) is 18.2 Å². The molecule has 1 aromatic heterocycles. The van der Waals surface area contributed by atoms with E-state index >= 15 is 4.39 Å². The highest BCUT2D eigenvalue weighted by molar-refractivity contribution is 7.99. The molecule has 1 saturated heterocycles. The smallest absolute Gasteiger partial charge is 0.342 e. The van der Waals surface area contributed by atoms with E-state index in [-0.39, 0.29) is 29.2 Å². The number of benzene rings is 2. The molecule has 1 amide bonds. The standard InChI is InChI=1S/C24H20FN3O6S/c25-14-10-15-13(21(29)20(24(31)32)23-28(15)12-35-23)9-16(14)26-5-7-27(8-6-26)22(30)19-11-33-17-3-1-2-4-18(17)34-19/h1-4,9-10,19H,5-8,11-12H2,(H,31,32). The first-order valence-electron chi connectivity index (χ1n) is 11.1. The zero-order valence-electron chi connectivity index (χ0n) is 18.4. The number of thioether (sulfide) groups is 1. The number of rotatable bonds is 3. The zero-order valence-corrected chi connectivity index (χ0v) is 19.2. The fraction of sp³-hybridized carbons (Fsp3) is 0.292. The average molecular weight is 498 g/mol. The van der Waals surface area contributed by atoms with Crippen LogP contribution >= 0.6 is 11.8 Å². The average Bonchev–Trinajstić information content (AvgIpc) is 2.85. The largest absolute Gasteiger partial charge is 0.485 e. The zero-order chi connectivity index (χ0) is 24.3. The summed E-state index contributed by atoms with van der Waals surface area (Å²) in [7, 11) is 0. The summed E-state index contributed by atoms with van der Waals surface area (Å²) >= 11 is 1.26. The lowest BCUT2D eigenvalue weighted by Gasteiger charge is -2.38. The van der Waals surface area contributed by atoms with Crippen LogP contribution in [0.2, 0.25) is 0 Å². The minimum atomic E-state index is -1.29. The van der Waals surface area contributed by atoms with E-state index in [9.17, 15) is 19.5 Å². The molecule has 11 heteroatoms. The Hall–Kier alpha value is -3.73. The molecule has 3 aliphatic heterocycles. The predicted molar refractivity (Wildman–Crippen MR) is 126 cm³/mol. The maximum Gasteiger partial charge on any atom is 0.342 e. The molecule has 4 heterocycles. The van der Waals surface area contributed by atoms with Crippen LogP contribution in [0.1, 0.15) is 10.4 Å². The van der Waals surface area contributed by atoms with Gasteiger partial charge in [-0.3, -0.25) is 9.59 Å². The van der Waals surface area contributed by atoms with Crippen LogP contribution in [0.4, 0.5) is 10.1 Å². The molecule has 0 bridgehead atoms. The second-order valence-electron chi connectivity index (χ2n) is 8.51. The first-order valence-corrected chi connectivity index (χ1v) is 12.1. The van der Waals surface area contributed by atoms with E-state index < -0.39 is 23.3 Å². The van der Waals surface area contributed by atoms with Crippen molar-refractivity contribution >= 4 is 40.2 Å². The maximum atomic E-state index is 15.1. The van der Waals surface area contributed by atoms with Crippen LogP contribution in [-0.2, 0) is 10.7 Å². The van der Waals surface area contributed by atoms with E-state index in [0.717, 1.165) is 0 Å². The molecule has 2 aromatic carbocycles. The van der Waals surface area contributed by atoms with Gasteiger partial charge in [0.2, 0.25) is 11.5 Å². The summed E-state index contributed by atoms with van der Waals surface area (Å²) in [6, 6.07) is 9.90. The van der Waals surface area contributed by atoms with E-state index in [1.807, 2.05) is 12.1 Å². The number of piperazine rings is 1. The van der Waals surface area contributed by atoms with Crippen LogP contribution < -0.4 is 19.8 Å². The maximum absolute atomic E-state index is 15.1. The Morgan fingerprint density at radius 3 is 2.51 bits per heavy atom. The molecule has 180 valence electrons. The van der Waals surface area contributed by atoms with E-state index in [1.54, 1.807) is 26.5 Å². The molecule has 6 rings (SSSR count). The highest BCUT2D eigenvalue weighted by atomic mass is 32.2. The van der Waals surface area contributed by atoms with Crippen molar-refractivity contribution in [3.63, 3.8) is 0 Å². The third-order valence-corrected chi connectivity index (χ3v) is 7.63. The van der Waals surface area contributed by atoms with Gasteiger partial charge >= 0.3 is 5.97 Å². The van der Waals surface area contributed by atoms with Crippen LogP contribution in [0, 0.1) is 5.82 Å². The van der Waals surface area contributed by atoms with Gasteiger partial charge in [0.05, 0.1) is 22.1 Å². The number of carbonyl (C=O) groups excluding carboxylic acids is 1. The fourth-order valence-corrected chi connectivity index (χ4v) is 5.66. The molecule has 3 aliphatic rings. The number of pyridine rings is 1. The molecule has 1 N–H and O–H groups in total. The molecule has 0 radical (unpaired) electrons. The fourth-order valence-electron chi connectivity index (χ4n) is 4.71. The first-order chi connectivity index (χ1) is 16.9. The molecule has 0 aliphatic carbocycles. The Bertz CT molecular complexity index is 1450. The van der Waals surface area contributed by atoms with Crippen molar-refractivity contribution < 1.29 is 28.6 Å². The third kappa shape index (κ3) is 3.49. The van der Waals surface area contributed by atoms with Gasteiger partial charge in [0.25, 0.3) is 5.91 Å². The van der Waals surface area contributed by atoms with Gasteiger partial charge in [0.15, 0.2) is 11.5 Å². The number of nitrogens with zero attached hydrogens (tertiary/aromatic N) is 3. The number of aromatic nitrogens is 1. The summed E-state index contributed by atoms with van der Waals surface area (Å²) in [5, 5.41) is 10.0. The molecular weight excluding hydrogens is 477 g/mol. The van der Waals surface area contributed by atoms with Crippen LogP contribution in [-0.4, -0.2) is 65.3 Å². The highest BCUT2D eigenvalue weighted by Crippen LogP contribution is 2.38. The van der Waals surface area contributed by atoms with Gasteiger partial charge in [-0.2, -0.15) is 0 Å². The summed E-state index contributed by atoms with van der Waals surface area (Å²) in [5.41, 5.74) is -0.288. The topological polar surface area (TPSA) is 101 Å². The van der Waals surface area contributed by atoms with Crippen LogP contribution in [0.3, 0.4) is 0 Å². The SMILES string of the molecule is O=C(O)c1c2n(c3cc(F)c(N4CCN(C(=O)C5COc6ccccc6O5)CC4)cc3c1=O)CS2. The molecule has 0 saturated carbocycles. The number of ether oxygens (including phenoxy) is 2. The van der Waals surface area contributed by atoms with E-state index in [4.69, 9.17) is 9.47 Å². The second kappa shape index (κ2) is 8.19. The lowest BCUT2D eigenvalue weighted by molar-refractivity contribution is -0.141. The number of carboxylic acids is 1. The number of carbonyl (C=O) groups is 2. The lowest BCUT2D eigenvalue weighted by atomic mass is 10.1. The molecule has 1 fully saturated rings. The number of hydrogen-bond donors (Lipinski definition) is 1. The molecule has 9 nitrogen and oxygen atoms in total. The first kappa shape index (κ1) is 21.8. The Morgan fingerprint density at radius 2 is 1.83 bits per heavy atom. The number of para-hydroxylation sites is 2. The Balaban J connectivity index is 1.22. The van der Waals surface area contributed by atoms with Crippen molar-refractivity contribution in [1.82, 2.24) is 9.47 Å². The van der Waals surface area contributed by atoms with Crippen LogP contribution in [0.25, 0.3) is 10.9 Å². The van der Waals surface area contributed by atoms with Crippen LogP contribution in [0.15, 0.2) is 46.2 Å². The number of anilines is 1. The van der Waals surface area contributed by atoms with Crippen molar-refractivity contribution in [2.75, 3.05) is 37.7 Å². The second-order valence-corrected chi connectivity index (χ2v) is 9.45. The monoisotopic (exact) mass is 497 g/mol. The van der Waals surface area contributed by atoms with Crippen LogP contribution in [0.5, 0.6) is 11.5 Å². The molecule has 1 unspecified atom stereocenters. The minimum Gasteiger partial charge on any atom is -0.485 e. The predicted octanol–water partition coefficient (Wildman–Crippen LogP) is 2.39. The number of aromatic carboxylic acids is 1. The van der Waals surface area contributed by atoms with E-state index in [1.165, 1.54) is 23.9 Å². The summed E-state index contributed by atoms with van der Waals surface area (Å²) in [5.74, 6) is -0.393. The Labute approximate surface area is 202 Å². The van der Waals surface area contributed by atoms with Gasteiger partial charge in [0.1, 0.15) is 18.0 Å². The van der Waals surface area contributed by atoms with Crippen molar-refractivity contribution in [3.8, 4) is 11.5 Å². The molecule has 35 heavy (non-hydrogen) atoms. The summed E-state index contributed by atoms with van der Waals surface area (Å²) in [6.07, 6.45) is -0.751. The lowest BCUT2D eigenvalue weighted by Crippen LogP contribution is -2.54. The van der Waals surface area contributed by atoms with E-state index in [2.05, 4.69) is 0 Å². The molecular formula is C24H20FN3O6S. The number of hydrogen-bond acceptors (Lipinski definition) is 7. The summed E-state index contributed by atoms with van der Waals surface area (Å²) < 4.78 is 28.2.